The summed E-state index contributed by atoms with van der Waals surface area (Å²) in [5.41, 5.74) is 6.06. The number of aromatic nitrogens is 3. The first kappa shape index (κ1) is 57.0. The molecule has 18 nitrogen and oxygen atoms in total. The molecule has 2 saturated carbocycles. The number of anilines is 3. The van der Waals surface area contributed by atoms with Crippen LogP contribution in [0.15, 0.2) is 60.2 Å². The molecule has 0 bridgehead atoms. The monoisotopic (exact) mass is 1050 g/mol. The lowest BCUT2D eigenvalue weighted by atomic mass is 9.81. The van der Waals surface area contributed by atoms with Gasteiger partial charge in [-0.1, -0.05) is 57.9 Å². The fourth-order valence-corrected chi connectivity index (χ4v) is 9.98. The molecule has 3 aliphatic rings. The summed E-state index contributed by atoms with van der Waals surface area (Å²) < 4.78 is 23.1. The molecule has 1 saturated heterocycles. The van der Waals surface area contributed by atoms with E-state index >= 15 is 0 Å². The highest BCUT2D eigenvalue weighted by atomic mass is 32.1. The topological polar surface area (TPSA) is 219 Å². The molecule has 3 fully saturated rings. The Hall–Kier alpha value is -5.73. The van der Waals surface area contributed by atoms with Crippen LogP contribution in [0.2, 0.25) is 0 Å². The molecule has 0 spiro atoms. The largest absolute Gasteiger partial charge is 0.494 e. The van der Waals surface area contributed by atoms with E-state index in [0.29, 0.717) is 71.0 Å². The Morgan fingerprint density at radius 3 is 2.19 bits per heavy atom. The van der Waals surface area contributed by atoms with Crippen LogP contribution in [0.25, 0.3) is 10.4 Å². The van der Waals surface area contributed by atoms with E-state index in [-0.39, 0.29) is 43.8 Å². The second-order valence-corrected chi connectivity index (χ2v) is 21.9. The third kappa shape index (κ3) is 17.1. The molecule has 408 valence electrons. The number of carbonyl (C=O) groups is 4. The van der Waals surface area contributed by atoms with Crippen molar-refractivity contribution in [2.45, 2.75) is 129 Å². The highest BCUT2D eigenvalue weighted by molar-refractivity contribution is 7.13. The quantitative estimate of drug-likeness (QED) is 0.0322. The van der Waals surface area contributed by atoms with Crippen LogP contribution >= 0.6 is 11.3 Å². The zero-order valence-electron chi connectivity index (χ0n) is 44.6. The van der Waals surface area contributed by atoms with E-state index in [1.54, 1.807) is 11.3 Å². The minimum atomic E-state index is -0.939. The van der Waals surface area contributed by atoms with Gasteiger partial charge >= 0.3 is 0 Å². The molecule has 2 aromatic heterocycles. The first-order chi connectivity index (χ1) is 36.2. The number of β-amino-alcohol motifs (C(OH)–C–C–N with tert-alkyl or cyclic N) is 1. The van der Waals surface area contributed by atoms with Gasteiger partial charge in [-0.25, -0.2) is 9.97 Å². The highest BCUT2D eigenvalue weighted by Crippen LogP contribution is 2.39. The van der Waals surface area contributed by atoms with Crippen molar-refractivity contribution >= 4 is 52.4 Å². The third-order valence-electron chi connectivity index (χ3n) is 14.1. The second-order valence-electron chi connectivity index (χ2n) is 21.1. The SMILES string of the molecule is Cc1ncsc1-c1ccc(CNC(=O)[C@H]2C[C@H](O)CN2C(=O)[C@H](NC(=O)COCCCOCCCCOCCCOc2ccc(Nc3ncc(C4CCC4)c(NCCN(C)C(=O)C4CCC4)n3)cc2)C(C)(C)C)cc1. The molecule has 1 aliphatic heterocycles. The molecule has 7 rings (SSSR count). The van der Waals surface area contributed by atoms with E-state index < -0.39 is 35.4 Å². The summed E-state index contributed by atoms with van der Waals surface area (Å²) >= 11 is 1.58. The fraction of sp³-hybridized carbons (Fsp3) is 0.589. The standard InChI is InChI=1S/C56H79N9O9S/c1-38-49(75-37-60-38)41-18-16-39(17-19-41)33-58-52(68)47-32-44(66)35-65(47)54(70)50(56(2,3)4)62-48(67)36-73-30-10-28-71-26-6-7-27-72-29-11-31-74-45-22-20-43(21-23-45)61-55-59-34-46(40-12-8-13-40)51(63-55)57-24-25-64(5)53(69)42-14-9-15-42/h16-23,34,37,40,42,44,47,50,66H,6-15,24-33,35-36H2,1-5H3,(H,58,68)(H,62,67)(H2,57,59,61,63)/t44-,47+,50-/m0/s1. The van der Waals surface area contributed by atoms with E-state index in [4.69, 9.17) is 23.9 Å². The number of carbonyl (C=O) groups excluding carboxylic acids is 4. The number of unbranched alkanes of at least 4 members (excludes halogenated alkanes) is 1. The summed E-state index contributed by atoms with van der Waals surface area (Å²) in [5.74, 6) is 1.80. The van der Waals surface area contributed by atoms with Gasteiger partial charge in [0.1, 0.15) is 30.3 Å². The van der Waals surface area contributed by atoms with Gasteiger partial charge in [-0.2, -0.15) is 4.98 Å². The molecule has 2 aromatic carbocycles. The lowest BCUT2D eigenvalue weighted by Gasteiger charge is -2.35. The number of aryl methyl sites for hydroxylation is 1. The summed E-state index contributed by atoms with van der Waals surface area (Å²) in [6.07, 6.45) is 10.9. The van der Waals surface area contributed by atoms with Crippen LogP contribution in [0, 0.1) is 18.3 Å². The molecule has 4 aromatic rings. The molecule has 5 N–H and O–H groups in total. The number of aliphatic hydroxyl groups is 1. The lowest BCUT2D eigenvalue weighted by molar-refractivity contribution is -0.144. The zero-order chi connectivity index (χ0) is 53.2. The van der Waals surface area contributed by atoms with Crippen LogP contribution in [0.1, 0.15) is 114 Å². The van der Waals surface area contributed by atoms with Crippen molar-refractivity contribution in [3.05, 3.63) is 77.1 Å². The van der Waals surface area contributed by atoms with Gasteiger partial charge in [0.2, 0.25) is 29.6 Å². The first-order valence-electron chi connectivity index (χ1n) is 26.9. The number of benzene rings is 2. The van der Waals surface area contributed by atoms with Gasteiger partial charge in [-0.15, -0.1) is 11.3 Å². The molecule has 0 unspecified atom stereocenters. The smallest absolute Gasteiger partial charge is 0.246 e. The maximum absolute atomic E-state index is 14.0. The number of thiazole rings is 1. The fourth-order valence-electron chi connectivity index (χ4n) is 9.17. The Kier molecular flexibility index (Phi) is 21.6. The van der Waals surface area contributed by atoms with Crippen LogP contribution in [-0.4, -0.2) is 145 Å². The lowest BCUT2D eigenvalue weighted by Crippen LogP contribution is -2.58. The van der Waals surface area contributed by atoms with Gasteiger partial charge in [0.15, 0.2) is 0 Å². The van der Waals surface area contributed by atoms with Crippen molar-refractivity contribution in [2.75, 3.05) is 83.6 Å². The maximum Gasteiger partial charge on any atom is 0.246 e. The molecular weight excluding hydrogens is 975 g/mol. The van der Waals surface area contributed by atoms with Crippen molar-refractivity contribution in [3.8, 4) is 16.2 Å². The van der Waals surface area contributed by atoms with E-state index in [2.05, 4.69) is 31.2 Å². The van der Waals surface area contributed by atoms with Crippen molar-refractivity contribution in [1.82, 2.24) is 35.4 Å². The van der Waals surface area contributed by atoms with Gasteiger partial charge < -0.3 is 55.1 Å². The molecule has 3 heterocycles. The summed E-state index contributed by atoms with van der Waals surface area (Å²) in [6, 6.07) is 13.8. The van der Waals surface area contributed by atoms with Crippen LogP contribution in [-0.2, 0) is 39.9 Å². The van der Waals surface area contributed by atoms with Crippen molar-refractivity contribution < 1.29 is 43.2 Å². The average molecular weight is 1050 g/mol. The minimum absolute atomic E-state index is 0.00198. The Morgan fingerprint density at radius 1 is 0.867 bits per heavy atom. The molecule has 19 heteroatoms. The van der Waals surface area contributed by atoms with Crippen molar-refractivity contribution in [1.29, 1.82) is 0 Å². The predicted octanol–water partition coefficient (Wildman–Crippen LogP) is 7.39. The Labute approximate surface area is 446 Å². The Balaban J connectivity index is 0.699. The van der Waals surface area contributed by atoms with Gasteiger partial charge in [-0.05, 0) is 98.6 Å². The third-order valence-corrected chi connectivity index (χ3v) is 15.1. The first-order valence-corrected chi connectivity index (χ1v) is 27.8. The van der Waals surface area contributed by atoms with Gasteiger partial charge in [0.25, 0.3) is 0 Å². The Bertz CT molecular complexity index is 2440. The van der Waals surface area contributed by atoms with E-state index in [1.165, 1.54) is 11.3 Å². The number of amides is 4. The van der Waals surface area contributed by atoms with E-state index in [9.17, 15) is 24.3 Å². The van der Waals surface area contributed by atoms with Gasteiger partial charge in [0.05, 0.1) is 28.8 Å². The minimum Gasteiger partial charge on any atom is -0.494 e. The van der Waals surface area contributed by atoms with Crippen LogP contribution in [0.5, 0.6) is 5.75 Å². The summed E-state index contributed by atoms with van der Waals surface area (Å²) in [7, 11) is 1.89. The van der Waals surface area contributed by atoms with Gasteiger partial charge in [0, 0.05) is 102 Å². The number of likely N-dealkylation sites (tertiary alicyclic amines) is 1. The Morgan fingerprint density at radius 2 is 1.55 bits per heavy atom. The number of hydrogen-bond acceptors (Lipinski definition) is 15. The maximum atomic E-state index is 14.0. The van der Waals surface area contributed by atoms with Crippen LogP contribution in [0.4, 0.5) is 17.5 Å². The number of ether oxygens (including phenoxy) is 4. The number of aliphatic hydroxyl groups excluding tert-OH is 1. The highest BCUT2D eigenvalue weighted by Gasteiger charge is 2.44. The second kappa shape index (κ2) is 28.4. The molecule has 75 heavy (non-hydrogen) atoms. The number of hydrogen-bond donors (Lipinski definition) is 5. The molecule has 4 amide bonds. The van der Waals surface area contributed by atoms with E-state index in [1.807, 2.05) is 99.9 Å². The van der Waals surface area contributed by atoms with Gasteiger partial charge in [-0.3, -0.25) is 19.2 Å². The molecule has 3 atom stereocenters. The summed E-state index contributed by atoms with van der Waals surface area (Å²) in [6.45, 7) is 12.0. The summed E-state index contributed by atoms with van der Waals surface area (Å²) in [4.78, 5) is 71.1. The summed E-state index contributed by atoms with van der Waals surface area (Å²) in [5, 5.41) is 23.1. The predicted molar refractivity (Wildman–Crippen MR) is 290 cm³/mol. The van der Waals surface area contributed by atoms with E-state index in [0.717, 1.165) is 95.9 Å². The number of nitrogens with one attached hydrogen (secondary N) is 4. The van der Waals surface area contributed by atoms with Crippen LogP contribution < -0.4 is 26.0 Å². The van der Waals surface area contributed by atoms with Crippen LogP contribution in [0.3, 0.4) is 0 Å². The zero-order valence-corrected chi connectivity index (χ0v) is 45.4. The van der Waals surface area contributed by atoms with Crippen molar-refractivity contribution in [2.24, 2.45) is 11.3 Å². The molecular formula is C56H79N9O9S. The average Bonchev–Trinajstić information content (AvgIpc) is 3.98. The number of rotatable bonds is 30. The normalized spacial score (nSPS) is 17.2. The number of nitrogens with zero attached hydrogens (tertiary/aromatic N) is 5. The number of likely N-dealkylation sites (N-methyl/N-ethyl adjacent to an activating group) is 1. The van der Waals surface area contributed by atoms with Crippen molar-refractivity contribution in [3.63, 3.8) is 0 Å². The molecule has 2 aliphatic carbocycles. The molecule has 0 radical (unpaired) electrons.